The summed E-state index contributed by atoms with van der Waals surface area (Å²) in [5, 5.41) is 11.7. The normalized spacial score (nSPS) is 29.3. The van der Waals surface area contributed by atoms with Gasteiger partial charge in [0.2, 0.25) is 0 Å². The van der Waals surface area contributed by atoms with E-state index in [-0.39, 0.29) is 5.92 Å². The van der Waals surface area contributed by atoms with Crippen molar-refractivity contribution < 1.29 is 5.11 Å². The van der Waals surface area contributed by atoms with Gasteiger partial charge < -0.3 is 10.0 Å². The summed E-state index contributed by atoms with van der Waals surface area (Å²) in [5.74, 6) is 1.37. The molecule has 1 saturated carbocycles. The quantitative estimate of drug-likeness (QED) is 0.908. The minimum atomic E-state index is -0.703. The average molecular weight is 336 g/mol. The third-order valence-electron chi connectivity index (χ3n) is 6.26. The Bertz CT molecular complexity index is 717. The van der Waals surface area contributed by atoms with E-state index in [1.807, 2.05) is 24.4 Å². The van der Waals surface area contributed by atoms with Crippen molar-refractivity contribution in [2.75, 3.05) is 11.4 Å². The van der Waals surface area contributed by atoms with Crippen molar-refractivity contribution in [2.45, 2.75) is 57.1 Å². The number of benzene rings is 1. The molecule has 1 aromatic heterocycles. The summed E-state index contributed by atoms with van der Waals surface area (Å²) >= 11 is 0. The molecule has 1 aliphatic heterocycles. The van der Waals surface area contributed by atoms with Crippen LogP contribution < -0.4 is 4.90 Å². The minimum absolute atomic E-state index is 0.282. The largest absolute Gasteiger partial charge is 0.385 e. The molecular weight excluding hydrogens is 308 g/mol. The molecule has 1 saturated heterocycles. The third-order valence-corrected chi connectivity index (χ3v) is 6.26. The lowest BCUT2D eigenvalue weighted by Crippen LogP contribution is -2.57. The van der Waals surface area contributed by atoms with Gasteiger partial charge in [-0.2, -0.15) is 0 Å². The van der Waals surface area contributed by atoms with Crippen LogP contribution in [0.1, 0.15) is 50.2 Å². The molecular formula is C22H28N2O. The number of aryl methyl sites for hydroxylation is 1. The van der Waals surface area contributed by atoms with Gasteiger partial charge in [-0.05, 0) is 48.9 Å². The first-order valence-electron chi connectivity index (χ1n) is 9.72. The smallest absolute Gasteiger partial charge is 0.128 e. The molecule has 3 nitrogen and oxygen atoms in total. The molecule has 2 aliphatic rings. The first-order valence-corrected chi connectivity index (χ1v) is 9.72. The number of rotatable bonds is 3. The molecule has 1 aliphatic carbocycles. The number of aliphatic hydroxyl groups is 1. The third kappa shape index (κ3) is 2.95. The van der Waals surface area contributed by atoms with Gasteiger partial charge in [0.25, 0.3) is 0 Å². The highest BCUT2D eigenvalue weighted by Gasteiger charge is 2.49. The number of hydrogen-bond donors (Lipinski definition) is 1. The summed E-state index contributed by atoms with van der Waals surface area (Å²) in [6, 6.07) is 15.0. The van der Waals surface area contributed by atoms with Crippen molar-refractivity contribution in [3.63, 3.8) is 0 Å². The Kier molecular flexibility index (Phi) is 4.51. The Balaban J connectivity index is 1.68. The molecule has 0 amide bonds. The number of fused-ring (bicyclic) bond motifs is 1. The lowest BCUT2D eigenvalue weighted by molar-refractivity contribution is -0.0690. The Morgan fingerprint density at radius 3 is 2.76 bits per heavy atom. The van der Waals surface area contributed by atoms with Crippen molar-refractivity contribution in [2.24, 2.45) is 5.92 Å². The van der Waals surface area contributed by atoms with Gasteiger partial charge in [-0.3, -0.25) is 0 Å². The van der Waals surface area contributed by atoms with Crippen molar-refractivity contribution in [1.29, 1.82) is 0 Å². The molecule has 1 aromatic carbocycles. The van der Waals surface area contributed by atoms with Gasteiger partial charge in [-0.15, -0.1) is 0 Å². The van der Waals surface area contributed by atoms with Gasteiger partial charge in [0.15, 0.2) is 0 Å². The molecule has 0 spiro atoms. The van der Waals surface area contributed by atoms with E-state index < -0.39 is 5.60 Å². The summed E-state index contributed by atoms with van der Waals surface area (Å²) < 4.78 is 0. The molecule has 1 N–H and O–H groups in total. The lowest BCUT2D eigenvalue weighted by Gasteiger charge is -2.53. The van der Waals surface area contributed by atoms with Crippen LogP contribution in [0.3, 0.4) is 0 Å². The van der Waals surface area contributed by atoms with Gasteiger partial charge in [0.05, 0.1) is 5.60 Å². The Labute approximate surface area is 150 Å². The second-order valence-electron chi connectivity index (χ2n) is 7.57. The van der Waals surface area contributed by atoms with Crippen LogP contribution in [0.2, 0.25) is 0 Å². The SMILES string of the molecule is CCc1ccnc(N2CCC(O)(c3ccccc3)[C@H]3CCCC[C@H]32)c1. The van der Waals surface area contributed by atoms with Crippen molar-refractivity contribution in [1.82, 2.24) is 4.98 Å². The monoisotopic (exact) mass is 336 g/mol. The maximum absolute atomic E-state index is 11.7. The van der Waals surface area contributed by atoms with Gasteiger partial charge >= 0.3 is 0 Å². The van der Waals surface area contributed by atoms with E-state index in [0.29, 0.717) is 6.04 Å². The van der Waals surface area contributed by atoms with Gasteiger partial charge in [-0.25, -0.2) is 4.98 Å². The summed E-state index contributed by atoms with van der Waals surface area (Å²) in [4.78, 5) is 7.14. The van der Waals surface area contributed by atoms with Crippen molar-refractivity contribution in [3.8, 4) is 0 Å². The molecule has 2 heterocycles. The average Bonchev–Trinajstić information content (AvgIpc) is 2.69. The van der Waals surface area contributed by atoms with E-state index in [4.69, 9.17) is 0 Å². The minimum Gasteiger partial charge on any atom is -0.385 e. The fraction of sp³-hybridized carbons (Fsp3) is 0.500. The van der Waals surface area contributed by atoms with Gasteiger partial charge in [0, 0.05) is 24.7 Å². The predicted molar refractivity (Wildman–Crippen MR) is 102 cm³/mol. The van der Waals surface area contributed by atoms with E-state index in [0.717, 1.165) is 43.6 Å². The molecule has 132 valence electrons. The summed E-state index contributed by atoms with van der Waals surface area (Å²) in [7, 11) is 0. The fourth-order valence-electron chi connectivity index (χ4n) is 4.89. The number of nitrogens with zero attached hydrogens (tertiary/aromatic N) is 2. The highest BCUT2D eigenvalue weighted by molar-refractivity contribution is 5.44. The van der Waals surface area contributed by atoms with Gasteiger partial charge in [-0.1, -0.05) is 50.1 Å². The Morgan fingerprint density at radius 1 is 1.16 bits per heavy atom. The van der Waals surface area contributed by atoms with Crippen LogP contribution in [0.25, 0.3) is 0 Å². The molecule has 0 radical (unpaired) electrons. The summed E-state index contributed by atoms with van der Waals surface area (Å²) in [6.45, 7) is 3.06. The van der Waals surface area contributed by atoms with Crippen LogP contribution in [0.5, 0.6) is 0 Å². The van der Waals surface area contributed by atoms with Crippen molar-refractivity contribution >= 4 is 5.82 Å². The number of piperidine rings is 1. The topological polar surface area (TPSA) is 36.4 Å². The molecule has 3 atom stereocenters. The maximum Gasteiger partial charge on any atom is 0.128 e. The van der Waals surface area contributed by atoms with E-state index in [1.54, 1.807) is 0 Å². The van der Waals surface area contributed by atoms with E-state index >= 15 is 0 Å². The Hall–Kier alpha value is -1.87. The van der Waals surface area contributed by atoms with E-state index in [2.05, 4.69) is 41.1 Å². The fourth-order valence-corrected chi connectivity index (χ4v) is 4.89. The zero-order chi connectivity index (χ0) is 17.3. The molecule has 4 rings (SSSR count). The lowest BCUT2D eigenvalue weighted by atomic mass is 9.66. The molecule has 3 heteroatoms. The summed E-state index contributed by atoms with van der Waals surface area (Å²) in [5.41, 5.74) is 1.72. The second-order valence-corrected chi connectivity index (χ2v) is 7.57. The maximum atomic E-state index is 11.7. The Morgan fingerprint density at radius 2 is 1.96 bits per heavy atom. The van der Waals surface area contributed by atoms with E-state index in [9.17, 15) is 5.11 Å². The molecule has 2 fully saturated rings. The first kappa shape index (κ1) is 16.6. The zero-order valence-electron chi connectivity index (χ0n) is 15.1. The van der Waals surface area contributed by atoms with Crippen LogP contribution >= 0.6 is 0 Å². The second kappa shape index (κ2) is 6.80. The number of pyridine rings is 1. The number of aromatic nitrogens is 1. The van der Waals surface area contributed by atoms with Gasteiger partial charge in [0.1, 0.15) is 5.82 Å². The first-order chi connectivity index (χ1) is 12.2. The highest BCUT2D eigenvalue weighted by Crippen LogP contribution is 2.47. The zero-order valence-corrected chi connectivity index (χ0v) is 15.1. The van der Waals surface area contributed by atoms with E-state index in [1.165, 1.54) is 18.4 Å². The molecule has 2 aromatic rings. The summed E-state index contributed by atoms with van der Waals surface area (Å²) in [6.07, 6.45) is 8.45. The van der Waals surface area contributed by atoms with Crippen LogP contribution in [-0.4, -0.2) is 22.7 Å². The van der Waals surface area contributed by atoms with Crippen LogP contribution in [0.15, 0.2) is 48.7 Å². The highest BCUT2D eigenvalue weighted by atomic mass is 16.3. The molecule has 1 unspecified atom stereocenters. The number of anilines is 1. The van der Waals surface area contributed by atoms with Crippen LogP contribution in [0, 0.1) is 5.92 Å². The number of hydrogen-bond acceptors (Lipinski definition) is 3. The standard InChI is InChI=1S/C22H28N2O/c1-2-17-12-14-23-21(16-17)24-15-13-22(25,18-8-4-3-5-9-18)19-10-6-7-11-20(19)24/h3-5,8-9,12,14,16,19-20,25H,2,6-7,10-11,13,15H2,1H3/t19-,20+,22?/m0/s1. The van der Waals surface area contributed by atoms with Crippen LogP contribution in [-0.2, 0) is 12.0 Å². The van der Waals surface area contributed by atoms with Crippen LogP contribution in [0.4, 0.5) is 5.82 Å². The molecule has 0 bridgehead atoms. The predicted octanol–water partition coefficient (Wildman–Crippen LogP) is 4.30. The molecule has 25 heavy (non-hydrogen) atoms. The van der Waals surface area contributed by atoms with Crippen molar-refractivity contribution in [3.05, 3.63) is 59.8 Å².